The maximum atomic E-state index is 12.2. The predicted octanol–water partition coefficient (Wildman–Crippen LogP) is 2.54. The van der Waals surface area contributed by atoms with Crippen LogP contribution in [0.15, 0.2) is 23.0 Å². The van der Waals surface area contributed by atoms with Gasteiger partial charge >= 0.3 is 5.97 Å². The molecule has 1 heterocycles. The number of methoxy groups -OCH3 is 1. The summed E-state index contributed by atoms with van der Waals surface area (Å²) in [5.41, 5.74) is -0.537. The van der Waals surface area contributed by atoms with Gasteiger partial charge in [-0.15, -0.1) is 0 Å². The highest BCUT2D eigenvalue weighted by molar-refractivity contribution is 14.1. The first kappa shape index (κ1) is 14.1. The van der Waals surface area contributed by atoms with Gasteiger partial charge in [-0.1, -0.05) is 40.3 Å². The number of aromatic hydroxyl groups is 1. The fraction of sp³-hybridized carbons (Fsp3) is 0.167. The molecule has 1 N–H and O–H groups in total. The van der Waals surface area contributed by atoms with Crippen LogP contribution in [-0.4, -0.2) is 22.8 Å². The molecule has 2 aromatic rings. The summed E-state index contributed by atoms with van der Waals surface area (Å²) in [7, 11) is 1.15. The molecule has 7 heteroatoms. The second-order valence-corrected chi connectivity index (χ2v) is 4.79. The van der Waals surface area contributed by atoms with Gasteiger partial charge in [-0.2, -0.15) is 0 Å². The average molecular weight is 394 g/mol. The number of hydrogen-bond acceptors (Lipinski definition) is 4. The van der Waals surface area contributed by atoms with Crippen LogP contribution in [0.2, 0.25) is 5.02 Å². The summed E-state index contributed by atoms with van der Waals surface area (Å²) >= 11 is 8.02. The van der Waals surface area contributed by atoms with Crippen LogP contribution >= 0.6 is 34.2 Å². The SMILES string of the molecule is COC(=O)c1c(O)c2c(Cl)cccc2n(CI)c1=O. The number of nitrogens with zero attached hydrogens (tertiary/aromatic N) is 1. The monoisotopic (exact) mass is 393 g/mol. The third kappa shape index (κ3) is 2.18. The molecule has 0 atom stereocenters. The van der Waals surface area contributed by atoms with Crippen molar-refractivity contribution in [3.63, 3.8) is 0 Å². The van der Waals surface area contributed by atoms with Crippen LogP contribution in [0.5, 0.6) is 5.75 Å². The highest BCUT2D eigenvalue weighted by Gasteiger charge is 2.23. The zero-order valence-corrected chi connectivity index (χ0v) is 12.7. The van der Waals surface area contributed by atoms with E-state index in [0.717, 1.165) is 7.11 Å². The largest absolute Gasteiger partial charge is 0.506 e. The molecule has 0 aliphatic heterocycles. The summed E-state index contributed by atoms with van der Waals surface area (Å²) in [6.07, 6.45) is 0. The van der Waals surface area contributed by atoms with Gasteiger partial charge in [-0.25, -0.2) is 4.79 Å². The van der Waals surface area contributed by atoms with Crippen molar-refractivity contribution >= 4 is 51.1 Å². The number of pyridine rings is 1. The third-order valence-corrected chi connectivity index (χ3v) is 3.72. The second kappa shape index (κ2) is 5.38. The molecular weight excluding hydrogens is 384 g/mol. The van der Waals surface area contributed by atoms with Crippen molar-refractivity contribution < 1.29 is 14.6 Å². The normalized spacial score (nSPS) is 10.7. The summed E-state index contributed by atoms with van der Waals surface area (Å²) in [6, 6.07) is 4.90. The number of alkyl halides is 1. The van der Waals surface area contributed by atoms with Crippen LogP contribution in [0.3, 0.4) is 0 Å². The van der Waals surface area contributed by atoms with Crippen molar-refractivity contribution in [1.82, 2.24) is 4.57 Å². The molecule has 0 unspecified atom stereocenters. The van der Waals surface area contributed by atoms with E-state index >= 15 is 0 Å². The maximum Gasteiger partial charge on any atom is 0.347 e. The molecule has 100 valence electrons. The molecule has 0 radical (unpaired) electrons. The number of carbonyl (C=O) groups excluding carboxylic acids is 1. The van der Waals surface area contributed by atoms with E-state index in [-0.39, 0.29) is 10.4 Å². The minimum atomic E-state index is -0.886. The number of ether oxygens (including phenoxy) is 1. The molecule has 0 bridgehead atoms. The Kier molecular flexibility index (Phi) is 4.00. The minimum absolute atomic E-state index is 0.263. The van der Waals surface area contributed by atoms with E-state index < -0.39 is 22.8 Å². The zero-order valence-electron chi connectivity index (χ0n) is 9.81. The topological polar surface area (TPSA) is 68.5 Å². The van der Waals surface area contributed by atoms with Gasteiger partial charge in [0.1, 0.15) is 5.75 Å². The van der Waals surface area contributed by atoms with Crippen molar-refractivity contribution in [2.24, 2.45) is 0 Å². The number of aromatic nitrogens is 1. The van der Waals surface area contributed by atoms with Crippen molar-refractivity contribution in [2.75, 3.05) is 7.11 Å². The number of carbonyl (C=O) groups is 1. The standard InChI is InChI=1S/C12H9ClINO4/c1-19-12(18)9-10(16)8-6(13)3-2-4-7(8)15(5-14)11(9)17/h2-4,16H,5H2,1H3. The van der Waals surface area contributed by atoms with Crippen LogP contribution in [0.25, 0.3) is 10.9 Å². The fourth-order valence-electron chi connectivity index (χ4n) is 1.85. The fourth-order valence-corrected chi connectivity index (χ4v) is 2.78. The van der Waals surface area contributed by atoms with Crippen LogP contribution in [0, 0.1) is 0 Å². The first-order valence-corrected chi connectivity index (χ1v) is 7.11. The summed E-state index contributed by atoms with van der Waals surface area (Å²) in [5.74, 6) is -1.33. The Bertz CT molecular complexity index is 726. The molecule has 0 fully saturated rings. The molecule has 19 heavy (non-hydrogen) atoms. The summed E-state index contributed by atoms with van der Waals surface area (Å²) in [6.45, 7) is 0. The van der Waals surface area contributed by atoms with Gasteiger partial charge in [0.2, 0.25) is 0 Å². The predicted molar refractivity (Wildman–Crippen MR) is 80.2 cm³/mol. The lowest BCUT2D eigenvalue weighted by Gasteiger charge is -2.12. The summed E-state index contributed by atoms with van der Waals surface area (Å²) in [5, 5.41) is 10.7. The van der Waals surface area contributed by atoms with E-state index in [0.29, 0.717) is 10.1 Å². The number of esters is 1. The number of benzene rings is 1. The van der Waals surface area contributed by atoms with Crippen LogP contribution in [0.1, 0.15) is 10.4 Å². The third-order valence-electron chi connectivity index (χ3n) is 2.72. The first-order chi connectivity index (χ1) is 9.02. The molecule has 5 nitrogen and oxygen atoms in total. The van der Waals surface area contributed by atoms with Crippen LogP contribution in [-0.2, 0) is 9.29 Å². The van der Waals surface area contributed by atoms with Gasteiger partial charge in [0.25, 0.3) is 5.56 Å². The van der Waals surface area contributed by atoms with Gasteiger partial charge in [0.05, 0.1) is 27.6 Å². The number of fused-ring (bicyclic) bond motifs is 1. The highest BCUT2D eigenvalue weighted by atomic mass is 127. The van der Waals surface area contributed by atoms with Crippen molar-refractivity contribution in [1.29, 1.82) is 0 Å². The van der Waals surface area contributed by atoms with Crippen molar-refractivity contribution in [2.45, 2.75) is 4.55 Å². The molecule has 1 aromatic heterocycles. The molecule has 0 saturated heterocycles. The minimum Gasteiger partial charge on any atom is -0.506 e. The molecule has 0 aliphatic carbocycles. The van der Waals surface area contributed by atoms with Gasteiger partial charge in [-0.3, -0.25) is 9.36 Å². The molecule has 0 aliphatic rings. The molecule has 0 saturated carbocycles. The second-order valence-electron chi connectivity index (χ2n) is 3.70. The summed E-state index contributed by atoms with van der Waals surface area (Å²) in [4.78, 5) is 23.8. The molecule has 0 spiro atoms. The van der Waals surface area contributed by atoms with E-state index in [1.54, 1.807) is 18.2 Å². The smallest absolute Gasteiger partial charge is 0.347 e. The lowest BCUT2D eigenvalue weighted by molar-refractivity contribution is 0.0595. The lowest BCUT2D eigenvalue weighted by atomic mass is 10.1. The molecule has 1 aromatic carbocycles. The molecule has 0 amide bonds. The van der Waals surface area contributed by atoms with Crippen molar-refractivity contribution in [3.8, 4) is 5.75 Å². The highest BCUT2D eigenvalue weighted by Crippen LogP contribution is 2.32. The Morgan fingerprint density at radius 1 is 1.53 bits per heavy atom. The number of hydrogen-bond donors (Lipinski definition) is 1. The Morgan fingerprint density at radius 3 is 2.79 bits per heavy atom. The van der Waals surface area contributed by atoms with E-state index in [9.17, 15) is 14.7 Å². The van der Waals surface area contributed by atoms with E-state index in [1.807, 2.05) is 22.6 Å². The molecular formula is C12H9ClINO4. The van der Waals surface area contributed by atoms with Gasteiger partial charge in [-0.05, 0) is 12.1 Å². The van der Waals surface area contributed by atoms with E-state index in [1.165, 1.54) is 4.57 Å². The average Bonchev–Trinajstić information content (AvgIpc) is 2.38. The first-order valence-electron chi connectivity index (χ1n) is 5.21. The maximum absolute atomic E-state index is 12.2. The van der Waals surface area contributed by atoms with Gasteiger partial charge in [0, 0.05) is 0 Å². The van der Waals surface area contributed by atoms with Crippen molar-refractivity contribution in [3.05, 3.63) is 39.1 Å². The Labute approximate surface area is 126 Å². The Balaban J connectivity index is 3.04. The van der Waals surface area contributed by atoms with E-state index in [2.05, 4.69) is 4.74 Å². The number of rotatable bonds is 2. The van der Waals surface area contributed by atoms with Gasteiger partial charge in [0.15, 0.2) is 5.56 Å². The van der Waals surface area contributed by atoms with Crippen LogP contribution in [0.4, 0.5) is 0 Å². The van der Waals surface area contributed by atoms with Gasteiger partial charge < -0.3 is 9.84 Å². The Morgan fingerprint density at radius 2 is 2.21 bits per heavy atom. The zero-order chi connectivity index (χ0) is 14.2. The molecule has 2 rings (SSSR count). The lowest BCUT2D eigenvalue weighted by Crippen LogP contribution is -2.26. The number of halogens is 2. The summed E-state index contributed by atoms with van der Waals surface area (Å²) < 4.78 is 6.20. The van der Waals surface area contributed by atoms with E-state index in [4.69, 9.17) is 11.6 Å². The Hall–Kier alpha value is -1.28. The quantitative estimate of drug-likeness (QED) is 0.484. The van der Waals surface area contributed by atoms with Crippen LogP contribution < -0.4 is 5.56 Å².